The Balaban J connectivity index is 1.46. The summed E-state index contributed by atoms with van der Waals surface area (Å²) in [5, 5.41) is 0.962. The molecule has 5 heteroatoms. The number of rotatable bonds is 3. The van der Waals surface area contributed by atoms with Crippen LogP contribution in [0.2, 0.25) is 0 Å². The molecular weight excluding hydrogens is 415 g/mol. The van der Waals surface area contributed by atoms with Crippen molar-refractivity contribution in [3.05, 3.63) is 103 Å². The van der Waals surface area contributed by atoms with Gasteiger partial charge in [-0.25, -0.2) is 4.98 Å². The van der Waals surface area contributed by atoms with E-state index in [0.717, 1.165) is 43.5 Å². The summed E-state index contributed by atoms with van der Waals surface area (Å²) >= 11 is 1.65. The predicted molar refractivity (Wildman–Crippen MR) is 121 cm³/mol. The predicted octanol–water partition coefficient (Wildman–Crippen LogP) is 8.32. The average Bonchev–Trinajstić information content (AvgIpc) is 3.23. The number of alkyl halides is 3. The molecule has 1 aromatic heterocycles. The number of halogens is 3. The first kappa shape index (κ1) is 19.5. The Morgan fingerprint density at radius 1 is 0.581 bits per heavy atom. The second-order valence-corrected chi connectivity index (χ2v) is 8.25. The molecule has 0 aliphatic rings. The van der Waals surface area contributed by atoms with Crippen molar-refractivity contribution < 1.29 is 13.2 Å². The molecule has 1 heterocycles. The maximum atomic E-state index is 13.0. The van der Waals surface area contributed by atoms with E-state index in [-0.39, 0.29) is 0 Å². The highest BCUT2D eigenvalue weighted by molar-refractivity contribution is 7.21. The van der Waals surface area contributed by atoms with E-state index in [2.05, 4.69) is 12.1 Å². The Labute approximate surface area is 181 Å². The quantitative estimate of drug-likeness (QED) is 0.280. The molecule has 5 aromatic rings. The number of nitrogens with zero attached hydrogens (tertiary/aromatic N) is 1. The Kier molecular flexibility index (Phi) is 4.83. The fraction of sp³-hybridized carbons (Fsp3) is 0.0385. The van der Waals surface area contributed by atoms with E-state index < -0.39 is 11.7 Å². The molecule has 4 aromatic carbocycles. The lowest BCUT2D eigenvalue weighted by molar-refractivity contribution is -0.137. The van der Waals surface area contributed by atoms with E-state index in [1.807, 2.05) is 60.7 Å². The lowest BCUT2D eigenvalue weighted by Crippen LogP contribution is -2.04. The van der Waals surface area contributed by atoms with Crippen molar-refractivity contribution in [2.75, 3.05) is 0 Å². The zero-order valence-corrected chi connectivity index (χ0v) is 17.0. The van der Waals surface area contributed by atoms with Crippen LogP contribution in [0.4, 0.5) is 13.2 Å². The van der Waals surface area contributed by atoms with E-state index >= 15 is 0 Å². The highest BCUT2D eigenvalue weighted by atomic mass is 32.1. The molecule has 0 spiro atoms. The summed E-state index contributed by atoms with van der Waals surface area (Å²) in [6.07, 6.45) is -4.35. The second kappa shape index (κ2) is 7.67. The van der Waals surface area contributed by atoms with Crippen LogP contribution in [0.3, 0.4) is 0 Å². The van der Waals surface area contributed by atoms with Crippen LogP contribution in [0.1, 0.15) is 5.56 Å². The van der Waals surface area contributed by atoms with Gasteiger partial charge in [-0.2, -0.15) is 13.2 Å². The number of hydrogen-bond donors (Lipinski definition) is 0. The molecule has 1 nitrogen and oxygen atoms in total. The van der Waals surface area contributed by atoms with Gasteiger partial charge in [-0.3, -0.25) is 0 Å². The largest absolute Gasteiger partial charge is 0.416 e. The van der Waals surface area contributed by atoms with Crippen molar-refractivity contribution in [2.24, 2.45) is 0 Å². The zero-order chi connectivity index (χ0) is 21.4. The monoisotopic (exact) mass is 431 g/mol. The molecule has 0 atom stereocenters. The van der Waals surface area contributed by atoms with E-state index in [1.165, 1.54) is 12.1 Å². The van der Waals surface area contributed by atoms with Gasteiger partial charge in [-0.05, 0) is 52.6 Å². The molecule has 0 radical (unpaired) electrons. The van der Waals surface area contributed by atoms with Gasteiger partial charge in [0.1, 0.15) is 5.01 Å². The second-order valence-electron chi connectivity index (χ2n) is 7.22. The molecule has 0 saturated heterocycles. The third-order valence-corrected chi connectivity index (χ3v) is 6.23. The standard InChI is InChI=1S/C26H16F3NS/c27-26(28,29)22-8-4-6-20(16-22)18-13-11-17(12-14-18)19-5-3-7-21(15-19)25-30-23-9-1-2-10-24(23)31-25/h1-16H. The van der Waals surface area contributed by atoms with Crippen molar-refractivity contribution in [1.82, 2.24) is 4.98 Å². The van der Waals surface area contributed by atoms with Crippen LogP contribution < -0.4 is 0 Å². The van der Waals surface area contributed by atoms with Crippen molar-refractivity contribution in [3.8, 4) is 32.8 Å². The number of hydrogen-bond acceptors (Lipinski definition) is 2. The summed E-state index contributed by atoms with van der Waals surface area (Å²) in [4.78, 5) is 4.73. The highest BCUT2D eigenvalue weighted by Gasteiger charge is 2.30. The van der Waals surface area contributed by atoms with Crippen molar-refractivity contribution in [1.29, 1.82) is 0 Å². The SMILES string of the molecule is FC(F)(F)c1cccc(-c2ccc(-c3cccc(-c4nc5ccccc5s4)c3)cc2)c1. The van der Waals surface area contributed by atoms with Gasteiger partial charge in [0.15, 0.2) is 0 Å². The molecule has 0 fully saturated rings. The van der Waals surface area contributed by atoms with E-state index in [4.69, 9.17) is 4.98 Å². The molecule has 0 aliphatic carbocycles. The van der Waals surface area contributed by atoms with Crippen LogP contribution in [-0.2, 0) is 6.18 Å². The molecule has 152 valence electrons. The Bertz CT molecular complexity index is 1330. The molecule has 0 unspecified atom stereocenters. The molecule has 0 N–H and O–H groups in total. The van der Waals surface area contributed by atoms with Crippen LogP contribution in [0, 0.1) is 0 Å². The molecule has 0 amide bonds. The van der Waals surface area contributed by atoms with Crippen LogP contribution in [0.5, 0.6) is 0 Å². The van der Waals surface area contributed by atoms with E-state index in [9.17, 15) is 13.2 Å². The lowest BCUT2D eigenvalue weighted by atomic mass is 9.98. The summed E-state index contributed by atoms with van der Waals surface area (Å²) in [5.41, 5.74) is 4.71. The third-order valence-electron chi connectivity index (χ3n) is 5.14. The molecule has 0 aliphatic heterocycles. The smallest absolute Gasteiger partial charge is 0.236 e. The van der Waals surface area contributed by atoms with Crippen LogP contribution in [0.25, 0.3) is 43.0 Å². The number of thiazole rings is 1. The first-order valence-electron chi connectivity index (χ1n) is 9.71. The van der Waals surface area contributed by atoms with Gasteiger partial charge in [0, 0.05) is 5.56 Å². The minimum atomic E-state index is -4.35. The fourth-order valence-corrected chi connectivity index (χ4v) is 4.52. The minimum Gasteiger partial charge on any atom is -0.236 e. The fourth-order valence-electron chi connectivity index (χ4n) is 3.56. The zero-order valence-electron chi connectivity index (χ0n) is 16.2. The van der Waals surface area contributed by atoms with Gasteiger partial charge in [-0.1, -0.05) is 66.7 Å². The topological polar surface area (TPSA) is 12.9 Å². The van der Waals surface area contributed by atoms with Gasteiger partial charge in [0.05, 0.1) is 15.8 Å². The average molecular weight is 431 g/mol. The third kappa shape index (κ3) is 3.97. The summed E-state index contributed by atoms with van der Waals surface area (Å²) < 4.78 is 40.2. The number of benzene rings is 4. The molecular formula is C26H16F3NS. The van der Waals surface area contributed by atoms with Gasteiger partial charge in [-0.15, -0.1) is 11.3 Å². The maximum Gasteiger partial charge on any atom is 0.416 e. The number of aromatic nitrogens is 1. The summed E-state index contributed by atoms with van der Waals surface area (Å²) in [7, 11) is 0. The summed E-state index contributed by atoms with van der Waals surface area (Å²) in [5.74, 6) is 0. The Hall–Kier alpha value is -3.44. The molecule has 5 rings (SSSR count). The van der Waals surface area contributed by atoms with E-state index in [1.54, 1.807) is 17.4 Å². The first-order valence-corrected chi connectivity index (χ1v) is 10.5. The van der Waals surface area contributed by atoms with Crippen molar-refractivity contribution in [2.45, 2.75) is 6.18 Å². The maximum absolute atomic E-state index is 13.0. The molecule has 31 heavy (non-hydrogen) atoms. The van der Waals surface area contributed by atoms with Crippen LogP contribution in [0.15, 0.2) is 97.1 Å². The van der Waals surface area contributed by atoms with Crippen LogP contribution >= 0.6 is 11.3 Å². The van der Waals surface area contributed by atoms with Gasteiger partial charge in [0.25, 0.3) is 0 Å². The Morgan fingerprint density at radius 2 is 1.19 bits per heavy atom. The normalized spacial score (nSPS) is 11.7. The molecule has 0 saturated carbocycles. The Morgan fingerprint density at radius 3 is 1.87 bits per heavy atom. The van der Waals surface area contributed by atoms with Gasteiger partial charge in [0.2, 0.25) is 0 Å². The van der Waals surface area contributed by atoms with E-state index in [0.29, 0.717) is 5.56 Å². The van der Waals surface area contributed by atoms with Gasteiger partial charge < -0.3 is 0 Å². The minimum absolute atomic E-state index is 0.546. The number of para-hydroxylation sites is 1. The van der Waals surface area contributed by atoms with Crippen molar-refractivity contribution in [3.63, 3.8) is 0 Å². The molecule has 0 bridgehead atoms. The van der Waals surface area contributed by atoms with Crippen LogP contribution in [-0.4, -0.2) is 4.98 Å². The lowest BCUT2D eigenvalue weighted by Gasteiger charge is -2.10. The summed E-state index contributed by atoms with van der Waals surface area (Å²) in [6, 6.07) is 29.2. The number of fused-ring (bicyclic) bond motifs is 1. The van der Waals surface area contributed by atoms with Gasteiger partial charge >= 0.3 is 6.18 Å². The highest BCUT2D eigenvalue weighted by Crippen LogP contribution is 2.34. The van der Waals surface area contributed by atoms with Crippen molar-refractivity contribution >= 4 is 21.6 Å². The summed E-state index contributed by atoms with van der Waals surface area (Å²) in [6.45, 7) is 0. The first-order chi connectivity index (χ1) is 15.0.